The Morgan fingerprint density at radius 3 is 2.35 bits per heavy atom. The zero-order chi connectivity index (χ0) is 34.5. The van der Waals surface area contributed by atoms with Crippen LogP contribution in [0.5, 0.6) is 11.5 Å². The highest BCUT2D eigenvalue weighted by molar-refractivity contribution is 7.92. The second-order valence-electron chi connectivity index (χ2n) is 11.5. The first kappa shape index (κ1) is 33.0. The van der Waals surface area contributed by atoms with E-state index in [0.29, 0.717) is 16.9 Å². The quantitative estimate of drug-likeness (QED) is 0.153. The third-order valence-corrected chi connectivity index (χ3v) is 10.4. The Hall–Kier alpha value is -4.92. The summed E-state index contributed by atoms with van der Waals surface area (Å²) in [7, 11) is -1.92. The summed E-state index contributed by atoms with van der Waals surface area (Å²) in [6.07, 6.45) is -3.79. The summed E-state index contributed by atoms with van der Waals surface area (Å²) in [6, 6.07) is 12.8. The molecule has 0 aliphatic heterocycles. The van der Waals surface area contributed by atoms with Gasteiger partial charge in [-0.1, -0.05) is 11.2 Å². The lowest BCUT2D eigenvalue weighted by molar-refractivity contribution is -0.197. The molecule has 0 radical (unpaired) electrons. The largest absolute Gasteiger partial charge is 0.497 e. The van der Waals surface area contributed by atoms with Crippen molar-refractivity contribution in [3.8, 4) is 17.2 Å². The number of sulfonamides is 1. The number of halogens is 5. The first-order valence-electron chi connectivity index (χ1n) is 14.6. The van der Waals surface area contributed by atoms with E-state index >= 15 is 8.78 Å². The van der Waals surface area contributed by atoms with E-state index in [1.54, 1.807) is 25.1 Å². The maximum absolute atomic E-state index is 16.0. The van der Waals surface area contributed by atoms with Crippen molar-refractivity contribution in [1.82, 2.24) is 9.72 Å². The lowest BCUT2D eigenvalue weighted by Crippen LogP contribution is -2.34. The summed E-state index contributed by atoms with van der Waals surface area (Å²) in [4.78, 5) is 12.4. The molecular formula is C33H28F5N3O6S. The van der Waals surface area contributed by atoms with Crippen LogP contribution in [0.2, 0.25) is 0 Å². The van der Waals surface area contributed by atoms with Gasteiger partial charge in [0.05, 0.1) is 37.9 Å². The van der Waals surface area contributed by atoms with Crippen LogP contribution >= 0.6 is 0 Å². The predicted molar refractivity (Wildman–Crippen MR) is 165 cm³/mol. The molecule has 2 heterocycles. The van der Waals surface area contributed by atoms with Crippen LogP contribution in [0.25, 0.3) is 16.6 Å². The molecule has 48 heavy (non-hydrogen) atoms. The first-order chi connectivity index (χ1) is 22.7. The molecule has 0 amide bonds. The monoisotopic (exact) mass is 689 g/mol. The number of pyridine rings is 1. The summed E-state index contributed by atoms with van der Waals surface area (Å²) >= 11 is 0. The van der Waals surface area contributed by atoms with Crippen molar-refractivity contribution in [3.05, 3.63) is 106 Å². The van der Waals surface area contributed by atoms with Crippen molar-refractivity contribution in [2.75, 3.05) is 18.5 Å². The number of ether oxygens (including phenoxy) is 2. The second kappa shape index (κ2) is 12.3. The summed E-state index contributed by atoms with van der Waals surface area (Å²) < 4.78 is 116. The highest BCUT2D eigenvalue weighted by Gasteiger charge is 2.48. The highest BCUT2D eigenvalue weighted by Crippen LogP contribution is 2.51. The van der Waals surface area contributed by atoms with Gasteiger partial charge in [0, 0.05) is 29.7 Å². The molecule has 1 aliphatic rings. The summed E-state index contributed by atoms with van der Waals surface area (Å²) in [6.45, 7) is 1.52. The van der Waals surface area contributed by atoms with Gasteiger partial charge in [-0.15, -0.1) is 0 Å². The number of fused-ring (bicyclic) bond motifs is 1. The van der Waals surface area contributed by atoms with E-state index in [0.717, 1.165) is 33.1 Å². The number of rotatable bonds is 9. The van der Waals surface area contributed by atoms with Crippen LogP contribution in [0, 0.1) is 24.5 Å². The fourth-order valence-electron chi connectivity index (χ4n) is 5.91. The lowest BCUT2D eigenvalue weighted by atomic mass is 9.71. The molecule has 0 unspecified atom stereocenters. The number of nitrogens with zero attached hydrogens (tertiary/aromatic N) is 3. The van der Waals surface area contributed by atoms with Gasteiger partial charge in [0.1, 0.15) is 34.3 Å². The van der Waals surface area contributed by atoms with Crippen LogP contribution in [-0.4, -0.2) is 38.5 Å². The molecule has 0 N–H and O–H groups in total. The average molecular weight is 690 g/mol. The molecule has 1 fully saturated rings. The number of hydrogen-bond donors (Lipinski definition) is 0. The van der Waals surface area contributed by atoms with Gasteiger partial charge in [0.2, 0.25) is 0 Å². The minimum atomic E-state index is -4.66. The van der Waals surface area contributed by atoms with Gasteiger partial charge in [-0.2, -0.15) is 13.2 Å². The van der Waals surface area contributed by atoms with Crippen molar-refractivity contribution in [2.24, 2.45) is 5.92 Å². The minimum Gasteiger partial charge on any atom is -0.497 e. The molecule has 0 saturated heterocycles. The van der Waals surface area contributed by atoms with Crippen LogP contribution in [-0.2, 0) is 16.6 Å². The fraction of sp³-hybridized carbons (Fsp3) is 0.273. The lowest BCUT2D eigenvalue weighted by Gasteiger charge is -2.37. The normalized spacial score (nSPS) is 16.5. The average Bonchev–Trinajstić information content (AvgIpc) is 3.54. The number of methoxy groups -OCH3 is 2. The number of aromatic nitrogens is 2. The molecule has 1 aliphatic carbocycles. The zero-order valence-corrected chi connectivity index (χ0v) is 26.5. The second-order valence-corrected chi connectivity index (χ2v) is 13.3. The number of alkyl halides is 3. The molecule has 252 valence electrons. The number of anilines is 1. The van der Waals surface area contributed by atoms with E-state index < -0.39 is 50.1 Å². The topological polar surface area (TPSA) is 104 Å². The molecule has 0 spiro atoms. The van der Waals surface area contributed by atoms with E-state index in [-0.39, 0.29) is 53.1 Å². The fourth-order valence-corrected chi connectivity index (χ4v) is 7.37. The number of hydrogen-bond acceptors (Lipinski definition) is 7. The number of aryl methyl sites for hydroxylation is 1. The number of benzene rings is 3. The van der Waals surface area contributed by atoms with E-state index in [1.165, 1.54) is 38.7 Å². The molecule has 6 rings (SSSR count). The van der Waals surface area contributed by atoms with Gasteiger partial charge in [-0.3, -0.25) is 9.36 Å². The van der Waals surface area contributed by atoms with Crippen LogP contribution in [0.1, 0.15) is 35.4 Å². The van der Waals surface area contributed by atoms with Gasteiger partial charge < -0.3 is 14.0 Å². The van der Waals surface area contributed by atoms with Gasteiger partial charge in [0.25, 0.3) is 15.6 Å². The third-order valence-electron chi connectivity index (χ3n) is 8.64. The van der Waals surface area contributed by atoms with E-state index in [2.05, 4.69) is 5.16 Å². The molecule has 0 bridgehead atoms. The SMILES string of the molecule is COc1ccc(CN(c2ccon2)S(=O)(=O)c2cc3ccc(=O)n(-c4cc(F)c(C5CC(C(F)(F)F)C5)cc4OC)c3cc2F)c(C)c1. The van der Waals surface area contributed by atoms with Crippen molar-refractivity contribution in [3.63, 3.8) is 0 Å². The van der Waals surface area contributed by atoms with Gasteiger partial charge >= 0.3 is 6.18 Å². The molecule has 15 heteroatoms. The van der Waals surface area contributed by atoms with Gasteiger partial charge in [-0.05, 0) is 72.7 Å². The molecule has 2 aromatic heterocycles. The highest BCUT2D eigenvalue weighted by atomic mass is 32.2. The third kappa shape index (κ3) is 5.86. The first-order valence-corrected chi connectivity index (χ1v) is 16.0. The van der Waals surface area contributed by atoms with Crippen molar-refractivity contribution >= 4 is 26.7 Å². The van der Waals surface area contributed by atoms with E-state index in [9.17, 15) is 26.4 Å². The molecule has 9 nitrogen and oxygen atoms in total. The molecule has 1 saturated carbocycles. The molecule has 0 atom stereocenters. The predicted octanol–water partition coefficient (Wildman–Crippen LogP) is 7.03. The molecule has 3 aromatic carbocycles. The molecular weight excluding hydrogens is 661 g/mol. The maximum Gasteiger partial charge on any atom is 0.391 e. The summed E-state index contributed by atoms with van der Waals surface area (Å²) in [5.74, 6) is -3.92. The Bertz CT molecular complexity index is 2180. The van der Waals surface area contributed by atoms with Crippen molar-refractivity contribution in [2.45, 2.75) is 43.3 Å². The van der Waals surface area contributed by atoms with Crippen molar-refractivity contribution < 1.29 is 44.4 Å². The zero-order valence-electron chi connectivity index (χ0n) is 25.7. The Balaban J connectivity index is 1.43. The summed E-state index contributed by atoms with van der Waals surface area (Å²) in [5, 5.41) is 3.88. The van der Waals surface area contributed by atoms with Crippen molar-refractivity contribution in [1.29, 1.82) is 0 Å². The summed E-state index contributed by atoms with van der Waals surface area (Å²) in [5.41, 5.74) is 0.308. The van der Waals surface area contributed by atoms with Gasteiger partial charge in [-0.25, -0.2) is 21.5 Å². The Kier molecular flexibility index (Phi) is 8.43. The van der Waals surface area contributed by atoms with Crippen LogP contribution in [0.3, 0.4) is 0 Å². The maximum atomic E-state index is 16.0. The van der Waals surface area contributed by atoms with E-state index in [4.69, 9.17) is 14.0 Å². The van der Waals surface area contributed by atoms with E-state index in [1.807, 2.05) is 0 Å². The molecule has 5 aromatic rings. The Labute approximate surface area is 271 Å². The van der Waals surface area contributed by atoms with Gasteiger partial charge in [0.15, 0.2) is 5.82 Å². The van der Waals surface area contributed by atoms with Crippen LogP contribution < -0.4 is 19.3 Å². The minimum absolute atomic E-state index is 0.00369. The van der Waals surface area contributed by atoms with Crippen LogP contribution in [0.4, 0.5) is 27.8 Å². The standard InChI is InChI=1S/C33H28F5N3O6S/c1-18-10-23(45-2)6-4-20(18)17-40(31-8-9-47-39-31)48(43,44)30-13-19-5-7-32(42)41(27(19)16-26(30)35)28-15-25(34)24(14-29(28)46-3)21-11-22(12-21)33(36,37)38/h4-10,13-16,21-22H,11-12,17H2,1-3H3. The smallest absolute Gasteiger partial charge is 0.391 e. The Morgan fingerprint density at radius 1 is 0.979 bits per heavy atom. The Morgan fingerprint density at radius 2 is 1.73 bits per heavy atom. The van der Waals surface area contributed by atoms with Crippen LogP contribution in [0.15, 0.2) is 81.1 Å².